The highest BCUT2D eigenvalue weighted by Gasteiger charge is 2.35. The first kappa shape index (κ1) is 19.3. The maximum Gasteiger partial charge on any atom is 0.232 e. The largest absolute Gasteiger partial charge is 0.478 e. The molecule has 2 aromatic carbocycles. The van der Waals surface area contributed by atoms with Gasteiger partial charge in [-0.15, -0.1) is 0 Å². The third-order valence-electron chi connectivity index (χ3n) is 4.89. The Morgan fingerprint density at radius 3 is 2.64 bits per heavy atom. The van der Waals surface area contributed by atoms with Gasteiger partial charge in [0.15, 0.2) is 5.76 Å². The Hall–Kier alpha value is -2.01. The van der Waals surface area contributed by atoms with Gasteiger partial charge in [0.1, 0.15) is 18.2 Å². The third-order valence-corrected chi connectivity index (χ3v) is 5.55. The van der Waals surface area contributed by atoms with E-state index in [2.05, 4.69) is 18.7 Å². The van der Waals surface area contributed by atoms with E-state index in [4.69, 9.17) is 32.7 Å². The minimum Gasteiger partial charge on any atom is -0.478 e. The van der Waals surface area contributed by atoms with Gasteiger partial charge in [0.2, 0.25) is 5.78 Å². The van der Waals surface area contributed by atoms with Crippen LogP contribution < -0.4 is 9.47 Å². The van der Waals surface area contributed by atoms with Crippen LogP contribution in [0.3, 0.4) is 0 Å². The summed E-state index contributed by atoms with van der Waals surface area (Å²) in [4.78, 5) is 15.3. The highest BCUT2D eigenvalue weighted by Crippen LogP contribution is 2.44. The number of hydrogen-bond donors (Lipinski definition) is 0. The number of Topliss-reactive ketones (excluding diaryl/α,β-unsaturated/α-hetero) is 1. The van der Waals surface area contributed by atoms with Crippen LogP contribution in [-0.4, -0.2) is 24.0 Å². The number of fused-ring (bicyclic) bond motifs is 3. The van der Waals surface area contributed by atoms with E-state index in [0.717, 1.165) is 23.4 Å². The quantitative estimate of drug-likeness (QED) is 0.597. The molecule has 2 heterocycles. The molecule has 0 atom stereocenters. The van der Waals surface area contributed by atoms with Crippen LogP contribution in [0.1, 0.15) is 40.9 Å². The molecule has 2 aromatic rings. The van der Waals surface area contributed by atoms with Gasteiger partial charge >= 0.3 is 0 Å². The Kier molecular flexibility index (Phi) is 5.13. The Bertz CT molecular complexity index is 978. The number of aryl methyl sites for hydroxylation is 1. The molecule has 2 aliphatic heterocycles. The molecule has 146 valence electrons. The first-order chi connectivity index (χ1) is 13.3. The van der Waals surface area contributed by atoms with Crippen molar-refractivity contribution in [3.8, 4) is 11.5 Å². The monoisotopic (exact) mass is 417 g/mol. The number of rotatable bonds is 3. The number of nitrogens with zero attached hydrogens (tertiary/aromatic N) is 1. The molecule has 2 aliphatic rings. The number of carbonyl (C=O) groups is 1. The molecule has 4 nitrogen and oxygen atoms in total. The number of carbonyl (C=O) groups excluding carboxylic acids is 1. The van der Waals surface area contributed by atoms with Crippen molar-refractivity contribution in [2.75, 3.05) is 13.3 Å². The predicted octanol–water partition coefficient (Wildman–Crippen LogP) is 5.73. The molecule has 6 heteroatoms. The van der Waals surface area contributed by atoms with Crippen LogP contribution in [0.25, 0.3) is 6.08 Å². The summed E-state index contributed by atoms with van der Waals surface area (Å²) >= 11 is 12.5. The summed E-state index contributed by atoms with van der Waals surface area (Å²) in [7, 11) is 0. The van der Waals surface area contributed by atoms with Crippen molar-refractivity contribution < 1.29 is 14.3 Å². The average Bonchev–Trinajstić information content (AvgIpc) is 2.96. The van der Waals surface area contributed by atoms with Gasteiger partial charge in [-0.25, -0.2) is 0 Å². The highest BCUT2D eigenvalue weighted by molar-refractivity contribution is 6.37. The smallest absolute Gasteiger partial charge is 0.232 e. The molecule has 0 fully saturated rings. The second-order valence-corrected chi connectivity index (χ2v) is 8.44. The Labute approximate surface area is 174 Å². The molecule has 0 radical (unpaired) electrons. The van der Waals surface area contributed by atoms with Crippen molar-refractivity contribution in [2.45, 2.75) is 27.3 Å². The van der Waals surface area contributed by atoms with Gasteiger partial charge in [0.05, 0.1) is 11.1 Å². The van der Waals surface area contributed by atoms with E-state index >= 15 is 0 Å². The molecule has 0 unspecified atom stereocenters. The highest BCUT2D eigenvalue weighted by atomic mass is 35.5. The number of ether oxygens (including phenoxy) is 2. The van der Waals surface area contributed by atoms with Crippen molar-refractivity contribution in [2.24, 2.45) is 5.92 Å². The fourth-order valence-corrected chi connectivity index (χ4v) is 4.20. The summed E-state index contributed by atoms with van der Waals surface area (Å²) < 4.78 is 12.0. The molecule has 0 spiro atoms. The van der Waals surface area contributed by atoms with E-state index in [1.807, 2.05) is 13.0 Å². The molecule has 28 heavy (non-hydrogen) atoms. The Balaban J connectivity index is 1.75. The summed E-state index contributed by atoms with van der Waals surface area (Å²) in [6, 6.07) is 7.15. The van der Waals surface area contributed by atoms with Gasteiger partial charge in [0.25, 0.3) is 0 Å². The van der Waals surface area contributed by atoms with Gasteiger partial charge in [-0.05, 0) is 42.7 Å². The van der Waals surface area contributed by atoms with Gasteiger partial charge in [-0.1, -0.05) is 43.1 Å². The molecule has 0 amide bonds. The molecule has 0 saturated heterocycles. The predicted molar refractivity (Wildman–Crippen MR) is 111 cm³/mol. The lowest BCUT2D eigenvalue weighted by molar-refractivity contribution is 0.0831. The summed E-state index contributed by atoms with van der Waals surface area (Å²) in [5.41, 5.74) is 2.91. The number of halogens is 2. The molecule has 0 aliphatic carbocycles. The van der Waals surface area contributed by atoms with Crippen LogP contribution in [0.2, 0.25) is 10.0 Å². The van der Waals surface area contributed by atoms with Crippen LogP contribution in [-0.2, 0) is 6.54 Å². The van der Waals surface area contributed by atoms with Crippen LogP contribution in [0.5, 0.6) is 11.5 Å². The lowest BCUT2D eigenvalue weighted by Gasteiger charge is -2.31. The van der Waals surface area contributed by atoms with Crippen LogP contribution >= 0.6 is 23.2 Å². The average molecular weight is 418 g/mol. The molecule has 4 rings (SSSR count). The summed E-state index contributed by atoms with van der Waals surface area (Å²) in [5.74, 6) is 1.95. The first-order valence-electron chi connectivity index (χ1n) is 9.25. The summed E-state index contributed by atoms with van der Waals surface area (Å²) in [6.45, 7) is 8.37. The zero-order valence-electron chi connectivity index (χ0n) is 16.0. The first-order valence-corrected chi connectivity index (χ1v) is 10.0. The van der Waals surface area contributed by atoms with Crippen LogP contribution in [0.4, 0.5) is 0 Å². The van der Waals surface area contributed by atoms with Crippen LogP contribution in [0.15, 0.2) is 30.0 Å². The molecule has 0 bridgehead atoms. The van der Waals surface area contributed by atoms with E-state index in [9.17, 15) is 4.79 Å². The Morgan fingerprint density at radius 1 is 1.25 bits per heavy atom. The van der Waals surface area contributed by atoms with Gasteiger partial charge in [0, 0.05) is 28.7 Å². The van der Waals surface area contributed by atoms with Crippen molar-refractivity contribution in [1.29, 1.82) is 0 Å². The summed E-state index contributed by atoms with van der Waals surface area (Å²) in [5, 5.41) is 0.940. The number of benzene rings is 2. The number of hydrogen-bond acceptors (Lipinski definition) is 4. The third kappa shape index (κ3) is 3.41. The van der Waals surface area contributed by atoms with Crippen molar-refractivity contribution in [3.05, 3.63) is 62.3 Å². The van der Waals surface area contributed by atoms with E-state index in [1.165, 1.54) is 0 Å². The van der Waals surface area contributed by atoms with Gasteiger partial charge in [-0.2, -0.15) is 0 Å². The zero-order chi connectivity index (χ0) is 20.0. The van der Waals surface area contributed by atoms with Gasteiger partial charge in [-0.3, -0.25) is 9.69 Å². The summed E-state index contributed by atoms with van der Waals surface area (Å²) in [6.07, 6.45) is 1.62. The van der Waals surface area contributed by atoms with E-state index in [-0.39, 0.29) is 11.5 Å². The van der Waals surface area contributed by atoms with E-state index in [0.29, 0.717) is 46.1 Å². The molecule has 0 saturated carbocycles. The lowest BCUT2D eigenvalue weighted by Crippen LogP contribution is -2.35. The van der Waals surface area contributed by atoms with Crippen LogP contribution in [0, 0.1) is 12.8 Å². The van der Waals surface area contributed by atoms with E-state index < -0.39 is 0 Å². The lowest BCUT2D eigenvalue weighted by atomic mass is 9.98. The standard InChI is InChI=1S/C22H21Cl2NO3/c1-12(2)9-25-10-15-18(27-11-25)7-13(3)20-21(26)19(28-22(15)20)8-14-16(23)5-4-6-17(14)24/h4-8,12H,9-11H2,1-3H3/b19-8-. The fourth-order valence-electron chi connectivity index (χ4n) is 3.69. The SMILES string of the molecule is Cc1cc2c(c3c1C(=O)/C(=C/c1c(Cl)cccc1Cl)O3)CN(CC(C)C)CO2. The fraction of sp³-hybridized carbons (Fsp3) is 0.318. The number of ketones is 1. The zero-order valence-corrected chi connectivity index (χ0v) is 17.5. The van der Waals surface area contributed by atoms with Gasteiger partial charge < -0.3 is 9.47 Å². The maximum absolute atomic E-state index is 13.1. The van der Waals surface area contributed by atoms with Crippen molar-refractivity contribution in [1.82, 2.24) is 4.90 Å². The normalized spacial score (nSPS) is 17.5. The minimum atomic E-state index is -0.160. The second kappa shape index (κ2) is 7.43. The van der Waals surface area contributed by atoms with Crippen molar-refractivity contribution >= 4 is 35.1 Å². The second-order valence-electron chi connectivity index (χ2n) is 7.63. The Morgan fingerprint density at radius 2 is 1.96 bits per heavy atom. The van der Waals surface area contributed by atoms with E-state index in [1.54, 1.807) is 24.3 Å². The molecule has 0 N–H and O–H groups in total. The van der Waals surface area contributed by atoms with Crippen molar-refractivity contribution in [3.63, 3.8) is 0 Å². The number of allylic oxidation sites excluding steroid dienone is 1. The molecular formula is C22H21Cl2NO3. The molecular weight excluding hydrogens is 397 g/mol. The topological polar surface area (TPSA) is 38.8 Å². The molecule has 0 aromatic heterocycles. The maximum atomic E-state index is 13.1. The minimum absolute atomic E-state index is 0.160.